The van der Waals surface area contributed by atoms with Gasteiger partial charge < -0.3 is 9.64 Å². The normalized spacial score (nSPS) is 14.2. The van der Waals surface area contributed by atoms with Crippen LogP contribution in [0.15, 0.2) is 48.5 Å². The lowest BCUT2D eigenvalue weighted by Gasteiger charge is -2.20. The molecule has 0 bridgehead atoms. The molecule has 2 aromatic rings. The van der Waals surface area contributed by atoms with Crippen molar-refractivity contribution in [3.05, 3.63) is 59.7 Å². The van der Waals surface area contributed by atoms with E-state index in [0.29, 0.717) is 31.6 Å². The van der Waals surface area contributed by atoms with Crippen LogP contribution < -0.4 is 9.64 Å². The van der Waals surface area contributed by atoms with Crippen molar-refractivity contribution in [1.82, 2.24) is 4.90 Å². The van der Waals surface area contributed by atoms with Gasteiger partial charge in [0.15, 0.2) is 6.29 Å². The van der Waals surface area contributed by atoms with Crippen molar-refractivity contribution in [2.75, 3.05) is 24.5 Å². The van der Waals surface area contributed by atoms with E-state index >= 15 is 0 Å². The summed E-state index contributed by atoms with van der Waals surface area (Å²) in [5.41, 5.74) is 1.58. The van der Waals surface area contributed by atoms with E-state index in [2.05, 4.69) is 4.74 Å². The summed E-state index contributed by atoms with van der Waals surface area (Å²) in [5, 5.41) is 0. The average Bonchev–Trinajstić information content (AvgIpc) is 3.01. The van der Waals surface area contributed by atoms with Crippen molar-refractivity contribution in [1.29, 1.82) is 0 Å². The monoisotopic (exact) mass is 360 g/mol. The fourth-order valence-corrected chi connectivity index (χ4v) is 2.92. The van der Waals surface area contributed by atoms with Crippen molar-refractivity contribution in [2.45, 2.75) is 13.0 Å². The molecule has 1 fully saturated rings. The third-order valence-corrected chi connectivity index (χ3v) is 4.26. The van der Waals surface area contributed by atoms with Crippen LogP contribution in [0.5, 0.6) is 5.75 Å². The van der Waals surface area contributed by atoms with Crippen molar-refractivity contribution < 1.29 is 23.1 Å². The summed E-state index contributed by atoms with van der Waals surface area (Å²) in [6, 6.07) is 13.9. The first-order chi connectivity index (χ1) is 12.6. The van der Waals surface area contributed by atoms with Gasteiger partial charge in [-0.1, -0.05) is 30.3 Å². The Labute approximate surface area is 149 Å². The summed E-state index contributed by atoms with van der Waals surface area (Å²) in [5.74, 6) is -0.233. The van der Waals surface area contributed by atoms with Gasteiger partial charge >= 0.3 is 12.6 Å². The van der Waals surface area contributed by atoms with Crippen molar-refractivity contribution in [2.24, 2.45) is 0 Å². The number of carbonyl (C=O) groups excluding carboxylic acids is 2. The maximum Gasteiger partial charge on any atom is 0.387 e. The molecule has 0 aliphatic carbocycles. The van der Waals surface area contributed by atoms with Gasteiger partial charge in [0.1, 0.15) is 5.75 Å². The minimum atomic E-state index is -3.04. The van der Waals surface area contributed by atoms with E-state index in [0.717, 1.165) is 12.0 Å². The molecule has 0 N–H and O–H groups in total. The molecular weight excluding hydrogens is 342 g/mol. The highest BCUT2D eigenvalue weighted by Crippen LogP contribution is 2.28. The van der Waals surface area contributed by atoms with Gasteiger partial charge in [-0.05, 0) is 24.1 Å². The van der Waals surface area contributed by atoms with E-state index in [1.54, 1.807) is 11.0 Å². The second-order valence-electron chi connectivity index (χ2n) is 5.88. The zero-order chi connectivity index (χ0) is 18.5. The number of urea groups is 1. The summed E-state index contributed by atoms with van der Waals surface area (Å²) in [7, 11) is 0. The summed E-state index contributed by atoms with van der Waals surface area (Å²) < 4.78 is 29.4. The van der Waals surface area contributed by atoms with Crippen LogP contribution in [0, 0.1) is 0 Å². The minimum absolute atomic E-state index is 0.0154. The van der Waals surface area contributed by atoms with Crippen LogP contribution in [0.2, 0.25) is 0 Å². The molecule has 2 aromatic carbocycles. The van der Waals surface area contributed by atoms with Crippen LogP contribution in [0.1, 0.15) is 15.9 Å². The molecule has 5 nitrogen and oxygen atoms in total. The first-order valence-electron chi connectivity index (χ1n) is 8.23. The maximum absolute atomic E-state index is 12.6. The van der Waals surface area contributed by atoms with Crippen molar-refractivity contribution >= 4 is 18.0 Å². The van der Waals surface area contributed by atoms with E-state index in [9.17, 15) is 18.4 Å². The largest absolute Gasteiger partial charge is 0.434 e. The molecule has 2 amide bonds. The van der Waals surface area contributed by atoms with E-state index in [1.807, 2.05) is 30.3 Å². The van der Waals surface area contributed by atoms with Crippen LogP contribution >= 0.6 is 0 Å². The minimum Gasteiger partial charge on any atom is -0.434 e. The second kappa shape index (κ2) is 7.95. The van der Waals surface area contributed by atoms with Gasteiger partial charge in [0.2, 0.25) is 0 Å². The van der Waals surface area contributed by atoms with Gasteiger partial charge in [0, 0.05) is 31.4 Å². The lowest BCUT2D eigenvalue weighted by molar-refractivity contribution is -0.0500. The molecule has 26 heavy (non-hydrogen) atoms. The summed E-state index contributed by atoms with van der Waals surface area (Å²) >= 11 is 0. The van der Waals surface area contributed by atoms with Crippen molar-refractivity contribution in [3.8, 4) is 5.75 Å². The average molecular weight is 360 g/mol. The third-order valence-electron chi connectivity index (χ3n) is 4.26. The smallest absolute Gasteiger partial charge is 0.387 e. The predicted octanol–water partition coefficient (Wildman–Crippen LogP) is 3.59. The predicted molar refractivity (Wildman–Crippen MR) is 92.9 cm³/mol. The van der Waals surface area contributed by atoms with Gasteiger partial charge in [-0.15, -0.1) is 0 Å². The quantitative estimate of drug-likeness (QED) is 0.709. The number of anilines is 1. The highest BCUT2D eigenvalue weighted by molar-refractivity contribution is 5.95. The fraction of sp³-hybridized carbons (Fsp3) is 0.263. The second-order valence-corrected chi connectivity index (χ2v) is 5.88. The molecule has 136 valence electrons. The van der Waals surface area contributed by atoms with Gasteiger partial charge in [0.05, 0.1) is 5.56 Å². The number of halogens is 2. The molecule has 7 heteroatoms. The number of ether oxygens (including phenoxy) is 1. The highest BCUT2D eigenvalue weighted by atomic mass is 19.3. The Kier molecular flexibility index (Phi) is 5.46. The number of amides is 2. The van der Waals surface area contributed by atoms with Crippen LogP contribution in [0.3, 0.4) is 0 Å². The number of carbonyl (C=O) groups is 2. The molecule has 1 heterocycles. The number of benzene rings is 2. The zero-order valence-electron chi connectivity index (χ0n) is 14.0. The Balaban J connectivity index is 1.70. The van der Waals surface area contributed by atoms with Crippen LogP contribution in [-0.4, -0.2) is 43.5 Å². The van der Waals surface area contributed by atoms with Gasteiger partial charge in [0.25, 0.3) is 0 Å². The highest BCUT2D eigenvalue weighted by Gasteiger charge is 2.29. The molecule has 0 aromatic heterocycles. The van der Waals surface area contributed by atoms with Gasteiger partial charge in [-0.3, -0.25) is 9.69 Å². The molecule has 1 aliphatic rings. The van der Waals surface area contributed by atoms with E-state index in [4.69, 9.17) is 0 Å². The first-order valence-corrected chi connectivity index (χ1v) is 8.23. The summed E-state index contributed by atoms with van der Waals surface area (Å²) in [6.07, 6.45) is 1.18. The number of alkyl halides is 2. The van der Waals surface area contributed by atoms with Crippen LogP contribution in [-0.2, 0) is 6.42 Å². The lowest BCUT2D eigenvalue weighted by atomic mass is 10.1. The first kappa shape index (κ1) is 17.8. The third kappa shape index (κ3) is 3.99. The maximum atomic E-state index is 12.6. The summed E-state index contributed by atoms with van der Waals surface area (Å²) in [6.45, 7) is -1.47. The Morgan fingerprint density at radius 3 is 2.58 bits per heavy atom. The Morgan fingerprint density at radius 2 is 1.88 bits per heavy atom. The number of nitrogens with zero attached hydrogens (tertiary/aromatic N) is 2. The molecule has 0 saturated carbocycles. The number of aldehydes is 1. The van der Waals surface area contributed by atoms with Crippen molar-refractivity contribution in [3.63, 3.8) is 0 Å². The fourth-order valence-electron chi connectivity index (χ4n) is 2.92. The molecular formula is C19H18F2N2O3. The zero-order valence-corrected chi connectivity index (χ0v) is 14.0. The topological polar surface area (TPSA) is 49.9 Å². The number of rotatable bonds is 7. The molecule has 0 radical (unpaired) electrons. The van der Waals surface area contributed by atoms with E-state index in [-0.39, 0.29) is 17.3 Å². The van der Waals surface area contributed by atoms with E-state index < -0.39 is 6.61 Å². The molecule has 1 aliphatic heterocycles. The Hall–Kier alpha value is -2.96. The van der Waals surface area contributed by atoms with Crippen LogP contribution in [0.4, 0.5) is 19.3 Å². The Morgan fingerprint density at radius 1 is 1.12 bits per heavy atom. The van der Waals surface area contributed by atoms with E-state index in [1.165, 1.54) is 17.0 Å². The lowest BCUT2D eigenvalue weighted by Crippen LogP contribution is -2.33. The number of hydrogen-bond donors (Lipinski definition) is 0. The standard InChI is InChI=1S/C19H18F2N2O3/c20-18(21)26-17-12-16(7-6-15(17)13-24)23-11-10-22(19(23)25)9-8-14-4-2-1-3-5-14/h1-7,12-13,18H,8-11H2. The Bertz CT molecular complexity index is 784. The molecule has 0 spiro atoms. The molecule has 0 unspecified atom stereocenters. The van der Waals surface area contributed by atoms with Gasteiger partial charge in [-0.2, -0.15) is 8.78 Å². The molecule has 3 rings (SSSR count). The van der Waals surface area contributed by atoms with Crippen LogP contribution in [0.25, 0.3) is 0 Å². The number of hydrogen-bond acceptors (Lipinski definition) is 3. The molecule has 1 saturated heterocycles. The van der Waals surface area contributed by atoms with Gasteiger partial charge in [-0.25, -0.2) is 4.79 Å². The summed E-state index contributed by atoms with van der Waals surface area (Å²) in [4.78, 5) is 26.8. The SMILES string of the molecule is O=Cc1ccc(N2CCN(CCc3ccccc3)C2=O)cc1OC(F)F. The molecule has 0 atom stereocenters.